The normalized spacial score (nSPS) is 19.4. The lowest BCUT2D eigenvalue weighted by Crippen LogP contribution is -2.37. The molecule has 0 aliphatic carbocycles. The number of hydrazone groups is 1. The van der Waals surface area contributed by atoms with Crippen molar-refractivity contribution in [1.82, 2.24) is 10.3 Å². The first-order chi connectivity index (χ1) is 8.52. The van der Waals surface area contributed by atoms with E-state index in [2.05, 4.69) is 5.32 Å². The van der Waals surface area contributed by atoms with Gasteiger partial charge in [0.15, 0.2) is 6.04 Å². The zero-order valence-corrected chi connectivity index (χ0v) is 10.7. The van der Waals surface area contributed by atoms with Crippen LogP contribution in [0.3, 0.4) is 0 Å². The van der Waals surface area contributed by atoms with Crippen LogP contribution in [0.4, 0.5) is 0 Å². The lowest BCUT2D eigenvalue weighted by atomic mass is 10.0. The molecule has 1 unspecified atom stereocenters. The van der Waals surface area contributed by atoms with E-state index < -0.39 is 0 Å². The second kappa shape index (κ2) is 4.60. The fourth-order valence-corrected chi connectivity index (χ4v) is 2.10. The van der Waals surface area contributed by atoms with Crippen molar-refractivity contribution in [2.75, 3.05) is 14.1 Å². The number of carbonyl (C=O) groups is 2. The fraction of sp³-hybridized carbons (Fsp3) is 0.308. The summed E-state index contributed by atoms with van der Waals surface area (Å²) in [5, 5.41) is 4.39. The summed E-state index contributed by atoms with van der Waals surface area (Å²) < 4.78 is 1.67. The Kier molecular flexibility index (Phi) is 3.14. The molecule has 0 fully saturated rings. The lowest BCUT2D eigenvalue weighted by molar-refractivity contribution is -0.661. The molecule has 0 radical (unpaired) electrons. The maximum atomic E-state index is 12.3. The second-order valence-electron chi connectivity index (χ2n) is 4.30. The van der Waals surface area contributed by atoms with Crippen molar-refractivity contribution in [2.45, 2.75) is 13.0 Å². The van der Waals surface area contributed by atoms with Gasteiger partial charge in [-0.05, 0) is 5.56 Å². The molecule has 0 bridgehead atoms. The lowest BCUT2D eigenvalue weighted by Gasteiger charge is -2.18. The highest BCUT2D eigenvalue weighted by Gasteiger charge is 2.43. The van der Waals surface area contributed by atoms with Crippen LogP contribution in [0.15, 0.2) is 30.3 Å². The number of ketones is 1. The Labute approximate surface area is 106 Å². The van der Waals surface area contributed by atoms with Crippen molar-refractivity contribution in [3.05, 3.63) is 35.9 Å². The summed E-state index contributed by atoms with van der Waals surface area (Å²) >= 11 is 0. The molecule has 5 nitrogen and oxygen atoms in total. The van der Waals surface area contributed by atoms with Crippen LogP contribution in [-0.2, 0) is 9.59 Å². The molecule has 0 saturated heterocycles. The summed E-state index contributed by atoms with van der Waals surface area (Å²) in [6.07, 6.45) is 0. The minimum atomic E-state index is -0.377. The van der Waals surface area contributed by atoms with Crippen LogP contribution in [0, 0.1) is 0 Å². The van der Waals surface area contributed by atoms with Crippen LogP contribution in [0.5, 0.6) is 0 Å². The molecule has 1 aliphatic rings. The van der Waals surface area contributed by atoms with Gasteiger partial charge in [0, 0.05) is 14.0 Å². The highest BCUT2D eigenvalue weighted by molar-refractivity contribution is 6.41. The standard InChI is InChI=1S/C13H15N3O2/c1-9(17)14-13-12(18)11(15(2)16(13)3)10-7-5-4-6-8-10/h4-8,11H,1-3H3/p+1. The van der Waals surface area contributed by atoms with Crippen molar-refractivity contribution < 1.29 is 14.3 Å². The van der Waals surface area contributed by atoms with Crippen molar-refractivity contribution in [2.24, 2.45) is 0 Å². The molecule has 18 heavy (non-hydrogen) atoms. The van der Waals surface area contributed by atoms with Crippen LogP contribution < -0.4 is 5.32 Å². The minimum Gasteiger partial charge on any atom is -0.283 e. The number of benzene rings is 1. The number of hydrogen-bond acceptors (Lipinski definition) is 3. The van der Waals surface area contributed by atoms with Gasteiger partial charge in [0.2, 0.25) is 0 Å². The number of nitrogens with zero attached hydrogens (tertiary/aromatic N) is 2. The Morgan fingerprint density at radius 2 is 1.94 bits per heavy atom. The van der Waals surface area contributed by atoms with E-state index in [4.69, 9.17) is 0 Å². The highest BCUT2D eigenvalue weighted by Crippen LogP contribution is 2.24. The van der Waals surface area contributed by atoms with Gasteiger partial charge in [-0.25, -0.2) is 15.1 Å². The summed E-state index contributed by atoms with van der Waals surface area (Å²) in [6.45, 7) is 1.39. The molecule has 1 atom stereocenters. The van der Waals surface area contributed by atoms with Crippen molar-refractivity contribution in [3.63, 3.8) is 0 Å². The van der Waals surface area contributed by atoms with Crippen LogP contribution in [0.1, 0.15) is 18.5 Å². The SMILES string of the molecule is CC(=O)NC1=[N+](C)N(C)C(c2ccccc2)C1=O. The maximum absolute atomic E-state index is 12.3. The topological polar surface area (TPSA) is 52.4 Å². The number of hydrogen-bond donors (Lipinski definition) is 1. The first-order valence-electron chi connectivity index (χ1n) is 5.72. The molecule has 1 N–H and O–H groups in total. The van der Waals surface area contributed by atoms with Gasteiger partial charge in [0.1, 0.15) is 7.05 Å². The van der Waals surface area contributed by atoms with E-state index in [-0.39, 0.29) is 17.7 Å². The molecule has 0 spiro atoms. The Hall–Kier alpha value is -2.17. The minimum absolute atomic E-state index is 0.0959. The van der Waals surface area contributed by atoms with Crippen LogP contribution >= 0.6 is 0 Å². The van der Waals surface area contributed by atoms with Gasteiger partial charge in [0.05, 0.1) is 0 Å². The smallest absolute Gasteiger partial charge is 0.283 e. The van der Waals surface area contributed by atoms with Gasteiger partial charge < -0.3 is 0 Å². The largest absolute Gasteiger partial charge is 0.346 e. The number of Topliss-reactive ketones (excluding diaryl/α,β-unsaturated/α-hetero) is 1. The van der Waals surface area contributed by atoms with Gasteiger partial charge in [0.25, 0.3) is 5.78 Å². The molecule has 2 rings (SSSR count). The van der Waals surface area contributed by atoms with Gasteiger partial charge in [-0.1, -0.05) is 30.3 Å². The Balaban J connectivity index is 2.34. The average molecular weight is 246 g/mol. The van der Waals surface area contributed by atoms with Gasteiger partial charge in [-0.15, -0.1) is 0 Å². The van der Waals surface area contributed by atoms with Gasteiger partial charge in [-0.3, -0.25) is 4.79 Å². The predicted octanol–water partition coefficient (Wildman–Crippen LogP) is 0.334. The number of rotatable bonds is 1. The van der Waals surface area contributed by atoms with E-state index in [1.165, 1.54) is 6.92 Å². The summed E-state index contributed by atoms with van der Waals surface area (Å²) in [7, 11) is 3.58. The Bertz CT molecular complexity index is 522. The Morgan fingerprint density at radius 1 is 1.33 bits per heavy atom. The predicted molar refractivity (Wildman–Crippen MR) is 67.0 cm³/mol. The average Bonchev–Trinajstić information content (AvgIpc) is 2.54. The third-order valence-electron chi connectivity index (χ3n) is 3.06. The summed E-state index contributed by atoms with van der Waals surface area (Å²) in [5.41, 5.74) is 0.914. The molecule has 0 aromatic heterocycles. The first kappa shape index (κ1) is 12.3. The molecule has 0 saturated carbocycles. The first-order valence-corrected chi connectivity index (χ1v) is 5.72. The zero-order valence-electron chi connectivity index (χ0n) is 10.7. The second-order valence-corrected chi connectivity index (χ2v) is 4.30. The van der Waals surface area contributed by atoms with E-state index in [9.17, 15) is 9.59 Å². The molecule has 1 aliphatic heterocycles. The van der Waals surface area contributed by atoms with Crippen LogP contribution in [0.25, 0.3) is 0 Å². The zero-order chi connectivity index (χ0) is 13.3. The molecule has 1 amide bonds. The van der Waals surface area contributed by atoms with Gasteiger partial charge >= 0.3 is 11.7 Å². The molecule has 94 valence electrons. The highest BCUT2D eigenvalue weighted by atomic mass is 16.2. The van der Waals surface area contributed by atoms with Gasteiger partial charge in [-0.2, -0.15) is 4.68 Å². The van der Waals surface area contributed by atoms with Crippen LogP contribution in [0.2, 0.25) is 0 Å². The van der Waals surface area contributed by atoms with E-state index in [0.29, 0.717) is 5.84 Å². The third kappa shape index (κ3) is 1.99. The van der Waals surface area contributed by atoms with E-state index in [1.807, 2.05) is 42.4 Å². The summed E-state index contributed by atoms with van der Waals surface area (Å²) in [6, 6.07) is 9.14. The molecule has 1 heterocycles. The van der Waals surface area contributed by atoms with E-state index >= 15 is 0 Å². The number of amides is 1. The number of hydrazine groups is 1. The molecule has 1 aromatic carbocycles. The third-order valence-corrected chi connectivity index (χ3v) is 3.06. The number of amidine groups is 1. The number of likely N-dealkylation sites (N-methyl/N-ethyl adjacent to an activating group) is 1. The summed E-state index contributed by atoms with van der Waals surface area (Å²) in [4.78, 5) is 23.4. The number of carbonyl (C=O) groups excluding carboxylic acids is 2. The quantitative estimate of drug-likeness (QED) is 0.727. The van der Waals surface area contributed by atoms with Crippen molar-refractivity contribution in [1.29, 1.82) is 0 Å². The number of nitrogens with one attached hydrogen (secondary N) is 1. The molecule has 5 heteroatoms. The Morgan fingerprint density at radius 3 is 2.50 bits per heavy atom. The van der Waals surface area contributed by atoms with E-state index in [1.54, 1.807) is 11.7 Å². The summed E-state index contributed by atoms with van der Waals surface area (Å²) in [5.74, 6) is -0.0208. The monoisotopic (exact) mass is 246 g/mol. The van der Waals surface area contributed by atoms with E-state index in [0.717, 1.165) is 5.56 Å². The fourth-order valence-electron chi connectivity index (χ4n) is 2.10. The van der Waals surface area contributed by atoms with Crippen molar-refractivity contribution in [3.8, 4) is 0 Å². The van der Waals surface area contributed by atoms with Crippen molar-refractivity contribution >= 4 is 17.5 Å². The van der Waals surface area contributed by atoms with Crippen LogP contribution in [-0.4, -0.2) is 41.3 Å². The molecular weight excluding hydrogens is 230 g/mol. The molecular formula is C13H16N3O2+. The maximum Gasteiger partial charge on any atom is 0.346 e. The molecule has 1 aromatic rings.